The van der Waals surface area contributed by atoms with Crippen molar-refractivity contribution >= 4 is 17.3 Å². The maximum Gasteiger partial charge on any atom is 0.244 e. The number of nitrogens with two attached hydrogens (primary N) is 1. The van der Waals surface area contributed by atoms with Gasteiger partial charge < -0.3 is 21.1 Å². The zero-order valence-electron chi connectivity index (χ0n) is 12.6. The van der Waals surface area contributed by atoms with Crippen molar-refractivity contribution in [3.05, 3.63) is 24.3 Å². The number of benzene rings is 1. The van der Waals surface area contributed by atoms with Crippen LogP contribution in [0.15, 0.2) is 24.3 Å². The first kappa shape index (κ1) is 15.8. The van der Waals surface area contributed by atoms with Gasteiger partial charge in [0.15, 0.2) is 0 Å². The zero-order valence-corrected chi connectivity index (χ0v) is 12.6. The molecule has 1 aliphatic rings. The number of likely N-dealkylation sites (N-methyl/N-ethyl adjacent to an activating group) is 1. The number of nitrogens with one attached hydrogen (secondary N) is 1. The van der Waals surface area contributed by atoms with E-state index in [0.29, 0.717) is 6.54 Å². The van der Waals surface area contributed by atoms with Gasteiger partial charge in [0.2, 0.25) is 5.91 Å². The van der Waals surface area contributed by atoms with E-state index in [1.165, 1.54) is 0 Å². The van der Waals surface area contributed by atoms with Crippen LogP contribution in [0.3, 0.4) is 0 Å². The zero-order chi connectivity index (χ0) is 15.3. The van der Waals surface area contributed by atoms with Crippen LogP contribution in [0.25, 0.3) is 0 Å². The van der Waals surface area contributed by atoms with Gasteiger partial charge in [0.25, 0.3) is 0 Å². The highest BCUT2D eigenvalue weighted by atomic mass is 16.3. The quantitative estimate of drug-likeness (QED) is 0.745. The molecular weight excluding hydrogens is 266 g/mol. The second-order valence-corrected chi connectivity index (χ2v) is 5.67. The van der Waals surface area contributed by atoms with Gasteiger partial charge in [-0.25, -0.2) is 0 Å². The maximum atomic E-state index is 12.2. The second kappa shape index (κ2) is 6.91. The Morgan fingerprint density at radius 3 is 2.48 bits per heavy atom. The summed E-state index contributed by atoms with van der Waals surface area (Å²) in [6.07, 6.45) is 3.57. The summed E-state index contributed by atoms with van der Waals surface area (Å²) in [4.78, 5) is 14.3. The van der Waals surface area contributed by atoms with Crippen LogP contribution >= 0.6 is 0 Å². The summed E-state index contributed by atoms with van der Waals surface area (Å²) in [5, 5.41) is 11.9. The molecule has 2 rings (SSSR count). The lowest BCUT2D eigenvalue weighted by molar-refractivity contribution is -0.121. The van der Waals surface area contributed by atoms with Crippen molar-refractivity contribution in [3.8, 4) is 0 Å². The van der Waals surface area contributed by atoms with Crippen LogP contribution < -0.4 is 16.0 Å². The van der Waals surface area contributed by atoms with Crippen molar-refractivity contribution in [2.45, 2.75) is 38.1 Å². The lowest BCUT2D eigenvalue weighted by Gasteiger charge is -2.24. The number of hydrogen-bond donors (Lipinski definition) is 3. The molecule has 1 aliphatic carbocycles. The molecule has 1 amide bonds. The third-order valence-corrected chi connectivity index (χ3v) is 4.19. The molecule has 0 aromatic heterocycles. The van der Waals surface area contributed by atoms with Gasteiger partial charge in [-0.15, -0.1) is 0 Å². The van der Waals surface area contributed by atoms with Crippen molar-refractivity contribution < 1.29 is 9.90 Å². The highest BCUT2D eigenvalue weighted by Gasteiger charge is 2.36. The fourth-order valence-corrected chi connectivity index (χ4v) is 2.83. The minimum atomic E-state index is -0.703. The van der Waals surface area contributed by atoms with E-state index in [9.17, 15) is 4.79 Å². The molecule has 0 unspecified atom stereocenters. The Hall–Kier alpha value is -1.59. The SMILES string of the molecule is CCN(CCO)c1ccc(NC(=O)C2(N)CCCC2)cc1. The second-order valence-electron chi connectivity index (χ2n) is 5.67. The van der Waals surface area contributed by atoms with E-state index in [0.717, 1.165) is 43.6 Å². The highest BCUT2D eigenvalue weighted by molar-refractivity contribution is 5.98. The number of aliphatic hydroxyl groups is 1. The summed E-state index contributed by atoms with van der Waals surface area (Å²) >= 11 is 0. The third-order valence-electron chi connectivity index (χ3n) is 4.19. The van der Waals surface area contributed by atoms with Gasteiger partial charge in [-0.1, -0.05) is 12.8 Å². The van der Waals surface area contributed by atoms with E-state index >= 15 is 0 Å². The molecule has 0 bridgehead atoms. The molecule has 0 atom stereocenters. The molecule has 5 nitrogen and oxygen atoms in total. The van der Waals surface area contributed by atoms with Crippen molar-refractivity contribution in [2.24, 2.45) is 5.73 Å². The van der Waals surface area contributed by atoms with Crippen molar-refractivity contribution in [3.63, 3.8) is 0 Å². The number of carbonyl (C=O) groups is 1. The Bertz CT molecular complexity index is 467. The molecule has 21 heavy (non-hydrogen) atoms. The first-order valence-electron chi connectivity index (χ1n) is 7.65. The van der Waals surface area contributed by atoms with E-state index in [1.54, 1.807) is 0 Å². The van der Waals surface area contributed by atoms with Crippen LogP contribution in [0, 0.1) is 0 Å². The maximum absolute atomic E-state index is 12.2. The average Bonchev–Trinajstić information content (AvgIpc) is 2.94. The van der Waals surface area contributed by atoms with Gasteiger partial charge in [0.1, 0.15) is 0 Å². The van der Waals surface area contributed by atoms with Gasteiger partial charge in [0, 0.05) is 24.5 Å². The minimum Gasteiger partial charge on any atom is -0.395 e. The molecule has 1 fully saturated rings. The van der Waals surface area contributed by atoms with E-state index in [1.807, 2.05) is 31.2 Å². The van der Waals surface area contributed by atoms with Gasteiger partial charge in [0.05, 0.1) is 12.1 Å². The molecule has 0 radical (unpaired) electrons. The number of rotatable bonds is 6. The van der Waals surface area contributed by atoms with Crippen LogP contribution in [-0.2, 0) is 4.79 Å². The standard InChI is InChI=1S/C16H25N3O2/c1-2-19(11-12-20)14-7-5-13(6-8-14)18-15(21)16(17)9-3-4-10-16/h5-8,20H,2-4,9-12,17H2,1H3,(H,18,21). The van der Waals surface area contributed by atoms with E-state index in [2.05, 4.69) is 10.2 Å². The summed E-state index contributed by atoms with van der Waals surface area (Å²) in [6, 6.07) is 7.66. The minimum absolute atomic E-state index is 0.0875. The summed E-state index contributed by atoms with van der Waals surface area (Å²) in [7, 11) is 0. The number of anilines is 2. The number of amides is 1. The lowest BCUT2D eigenvalue weighted by Crippen LogP contribution is -2.48. The van der Waals surface area contributed by atoms with Gasteiger partial charge in [-0.3, -0.25) is 4.79 Å². The highest BCUT2D eigenvalue weighted by Crippen LogP contribution is 2.28. The van der Waals surface area contributed by atoms with Gasteiger partial charge in [-0.2, -0.15) is 0 Å². The summed E-state index contributed by atoms with van der Waals surface area (Å²) in [5.74, 6) is -0.0875. The largest absolute Gasteiger partial charge is 0.395 e. The molecule has 1 aromatic carbocycles. The number of carbonyl (C=O) groups excluding carboxylic acids is 1. The lowest BCUT2D eigenvalue weighted by atomic mass is 9.98. The van der Waals surface area contributed by atoms with Crippen LogP contribution in [-0.4, -0.2) is 36.2 Å². The van der Waals surface area contributed by atoms with Crippen LogP contribution in [0.2, 0.25) is 0 Å². The van der Waals surface area contributed by atoms with Gasteiger partial charge in [-0.05, 0) is 44.0 Å². The first-order valence-corrected chi connectivity index (χ1v) is 7.65. The van der Waals surface area contributed by atoms with Crippen molar-refractivity contribution in [1.29, 1.82) is 0 Å². The Morgan fingerprint density at radius 1 is 1.33 bits per heavy atom. The molecule has 0 spiro atoms. The Balaban J connectivity index is 2.00. The van der Waals surface area contributed by atoms with Crippen LogP contribution in [0.4, 0.5) is 11.4 Å². The molecule has 5 heteroatoms. The summed E-state index contributed by atoms with van der Waals surface area (Å²) in [5.41, 5.74) is 7.24. The van der Waals surface area contributed by atoms with E-state index in [4.69, 9.17) is 10.8 Å². The molecule has 0 aliphatic heterocycles. The number of nitrogens with zero attached hydrogens (tertiary/aromatic N) is 1. The third kappa shape index (κ3) is 3.74. The Kier molecular flexibility index (Phi) is 5.20. The Labute approximate surface area is 126 Å². The molecule has 4 N–H and O–H groups in total. The smallest absolute Gasteiger partial charge is 0.244 e. The van der Waals surface area contributed by atoms with Gasteiger partial charge >= 0.3 is 0 Å². The molecule has 1 saturated carbocycles. The van der Waals surface area contributed by atoms with Crippen molar-refractivity contribution in [1.82, 2.24) is 0 Å². The predicted octanol–water partition coefficient (Wildman–Crippen LogP) is 1.72. The fourth-order valence-electron chi connectivity index (χ4n) is 2.83. The summed E-state index contributed by atoms with van der Waals surface area (Å²) < 4.78 is 0. The average molecular weight is 291 g/mol. The van der Waals surface area contributed by atoms with Crippen LogP contribution in [0.1, 0.15) is 32.6 Å². The molecule has 0 heterocycles. The number of aliphatic hydroxyl groups excluding tert-OH is 1. The van der Waals surface area contributed by atoms with E-state index < -0.39 is 5.54 Å². The van der Waals surface area contributed by atoms with Crippen molar-refractivity contribution in [2.75, 3.05) is 29.9 Å². The Morgan fingerprint density at radius 2 is 1.95 bits per heavy atom. The monoisotopic (exact) mass is 291 g/mol. The van der Waals surface area contributed by atoms with E-state index in [-0.39, 0.29) is 12.5 Å². The molecule has 116 valence electrons. The molecular formula is C16H25N3O2. The number of hydrogen-bond acceptors (Lipinski definition) is 4. The molecule has 0 saturated heterocycles. The first-order chi connectivity index (χ1) is 10.1. The summed E-state index contributed by atoms with van der Waals surface area (Å²) in [6.45, 7) is 3.61. The normalized spacial score (nSPS) is 16.7. The topological polar surface area (TPSA) is 78.6 Å². The predicted molar refractivity (Wildman–Crippen MR) is 85.4 cm³/mol. The molecule has 1 aromatic rings. The van der Waals surface area contributed by atoms with Crippen LogP contribution in [0.5, 0.6) is 0 Å². The fraction of sp³-hybridized carbons (Fsp3) is 0.562.